The predicted octanol–water partition coefficient (Wildman–Crippen LogP) is 7.30. The maximum Gasteiger partial charge on any atom is 0.278 e. The number of fused-ring (bicyclic) bond motifs is 4. The van der Waals surface area contributed by atoms with E-state index in [0.717, 1.165) is 92.5 Å². The fourth-order valence-corrected chi connectivity index (χ4v) is 9.26. The fraction of sp³-hybridized carbons (Fsp3) is 0.359. The third-order valence-corrected chi connectivity index (χ3v) is 12.4. The number of halogens is 2. The van der Waals surface area contributed by atoms with Crippen LogP contribution in [0.5, 0.6) is 5.88 Å². The summed E-state index contributed by atoms with van der Waals surface area (Å²) in [6.07, 6.45) is 10.2. The first kappa shape index (κ1) is 33.6. The molecule has 1 amide bonds. The second-order valence-electron chi connectivity index (χ2n) is 14.4. The molecule has 3 N–H and O–H groups in total. The van der Waals surface area contributed by atoms with Crippen LogP contribution in [0.3, 0.4) is 0 Å². The zero-order valence-corrected chi connectivity index (χ0v) is 30.2. The van der Waals surface area contributed by atoms with E-state index in [4.69, 9.17) is 38.7 Å². The van der Waals surface area contributed by atoms with Crippen molar-refractivity contribution < 1.29 is 9.53 Å². The van der Waals surface area contributed by atoms with Gasteiger partial charge in [0, 0.05) is 59.4 Å². The van der Waals surface area contributed by atoms with E-state index in [1.165, 1.54) is 10.2 Å². The Labute approximate surface area is 305 Å². The van der Waals surface area contributed by atoms with E-state index < -0.39 is 0 Å². The Bertz CT molecular complexity index is 2260. The summed E-state index contributed by atoms with van der Waals surface area (Å²) < 4.78 is 7.12. The SMILES string of the molecule is COc1nc(-c2cccc(-c3cccc(Nc4nccc5cnn(C)c(=O)c45)c3Cl)c2Cl)cc2c1CCN(CCC13CCC(C(N)=O)(CC1)C3)C2. The van der Waals surface area contributed by atoms with Gasteiger partial charge in [-0.2, -0.15) is 5.10 Å². The zero-order valence-electron chi connectivity index (χ0n) is 28.6. The van der Waals surface area contributed by atoms with Crippen molar-refractivity contribution in [3.63, 3.8) is 0 Å². The fourth-order valence-electron chi connectivity index (χ4n) is 8.66. The first-order valence-electron chi connectivity index (χ1n) is 17.4. The van der Waals surface area contributed by atoms with Crippen molar-refractivity contribution in [3.8, 4) is 28.3 Å². The smallest absolute Gasteiger partial charge is 0.278 e. The van der Waals surface area contributed by atoms with Crippen molar-refractivity contribution in [1.82, 2.24) is 24.6 Å². The number of hydrogen-bond acceptors (Lipinski definition) is 8. The van der Waals surface area contributed by atoms with Gasteiger partial charge in [-0.25, -0.2) is 14.6 Å². The van der Waals surface area contributed by atoms with Crippen molar-refractivity contribution in [2.24, 2.45) is 23.6 Å². The van der Waals surface area contributed by atoms with Gasteiger partial charge in [-0.15, -0.1) is 0 Å². The lowest BCUT2D eigenvalue weighted by atomic mass is 9.80. The topological polar surface area (TPSA) is 128 Å². The lowest BCUT2D eigenvalue weighted by Crippen LogP contribution is -2.34. The molecule has 10 nitrogen and oxygen atoms in total. The molecule has 8 rings (SSSR count). The number of nitrogens with two attached hydrogens (primary N) is 1. The van der Waals surface area contributed by atoms with Crippen molar-refractivity contribution in [2.45, 2.75) is 51.5 Å². The summed E-state index contributed by atoms with van der Waals surface area (Å²) in [6.45, 7) is 2.70. The molecule has 5 aromatic rings. The van der Waals surface area contributed by atoms with Gasteiger partial charge >= 0.3 is 0 Å². The first-order valence-corrected chi connectivity index (χ1v) is 18.1. The summed E-state index contributed by atoms with van der Waals surface area (Å²) in [5.74, 6) is 0.895. The summed E-state index contributed by atoms with van der Waals surface area (Å²) in [5, 5.41) is 9.44. The number of aryl methyl sites for hydroxylation is 1. The number of methoxy groups -OCH3 is 1. The number of nitrogens with zero attached hydrogens (tertiary/aromatic N) is 5. The minimum atomic E-state index is -0.273. The van der Waals surface area contributed by atoms with Crippen molar-refractivity contribution in [2.75, 3.05) is 25.5 Å². The van der Waals surface area contributed by atoms with Crippen LogP contribution >= 0.6 is 23.2 Å². The summed E-state index contributed by atoms with van der Waals surface area (Å²) in [4.78, 5) is 37.1. The summed E-state index contributed by atoms with van der Waals surface area (Å²) >= 11 is 14.3. The molecule has 3 aromatic heterocycles. The minimum absolute atomic E-state index is 0.111. The number of pyridine rings is 2. The predicted molar refractivity (Wildman–Crippen MR) is 200 cm³/mol. The van der Waals surface area contributed by atoms with Crippen LogP contribution in [0.4, 0.5) is 11.5 Å². The van der Waals surface area contributed by atoms with Gasteiger partial charge in [0.25, 0.3) is 5.56 Å². The van der Waals surface area contributed by atoms with E-state index >= 15 is 0 Å². The third-order valence-electron chi connectivity index (χ3n) is 11.6. The average Bonchev–Trinajstić information content (AvgIpc) is 3.72. The van der Waals surface area contributed by atoms with Gasteiger partial charge in [0.2, 0.25) is 11.8 Å². The average molecular weight is 725 g/mol. The molecule has 0 saturated heterocycles. The molecule has 262 valence electrons. The number of rotatable bonds is 9. The summed E-state index contributed by atoms with van der Waals surface area (Å²) in [5.41, 5.74) is 11.4. The minimum Gasteiger partial charge on any atom is -0.481 e. The maximum absolute atomic E-state index is 13.0. The van der Waals surface area contributed by atoms with Crippen LogP contribution in [-0.4, -0.2) is 50.8 Å². The van der Waals surface area contributed by atoms with E-state index in [-0.39, 0.29) is 22.3 Å². The van der Waals surface area contributed by atoms with Gasteiger partial charge in [-0.05, 0) is 80.7 Å². The quantitative estimate of drug-likeness (QED) is 0.162. The van der Waals surface area contributed by atoms with Gasteiger partial charge in [0.05, 0.1) is 40.1 Å². The standard InChI is InChI=1S/C39H39Cl2N7O3/c1-47-36(49)31-23(20-44-47)9-16-43-34(31)45-29-8-4-6-27(33(29)41)26-5-3-7-28(32(26)40)30-19-24-21-48(17-10-25(24)35(46-30)51-2)18-15-38-11-13-39(22-38,14-12-38)37(42)50/h3-9,16,19-20H,10-15,17-18,21-22H2,1-2H3,(H2,42,50)(H,43,45). The number of carbonyl (C=O) groups is 1. The molecule has 0 unspecified atom stereocenters. The van der Waals surface area contributed by atoms with Gasteiger partial charge in [-0.3, -0.25) is 14.5 Å². The molecule has 51 heavy (non-hydrogen) atoms. The molecular formula is C39H39Cl2N7O3. The molecule has 2 aliphatic carbocycles. The third kappa shape index (κ3) is 5.83. The molecule has 4 heterocycles. The van der Waals surface area contributed by atoms with Crippen LogP contribution in [0, 0.1) is 10.8 Å². The Morgan fingerprint density at radius 3 is 2.53 bits per heavy atom. The first-order chi connectivity index (χ1) is 24.6. The van der Waals surface area contributed by atoms with Crippen LogP contribution in [0.1, 0.15) is 49.7 Å². The molecular weight excluding hydrogens is 685 g/mol. The largest absolute Gasteiger partial charge is 0.481 e. The maximum atomic E-state index is 13.0. The number of carbonyl (C=O) groups excluding carboxylic acids is 1. The molecule has 0 spiro atoms. The van der Waals surface area contributed by atoms with Crippen LogP contribution < -0.4 is 21.3 Å². The molecule has 3 aliphatic rings. The number of nitrogens with one attached hydrogen (secondary N) is 1. The Hall–Kier alpha value is -4.51. The van der Waals surface area contributed by atoms with E-state index in [9.17, 15) is 9.59 Å². The number of benzene rings is 2. The molecule has 0 radical (unpaired) electrons. The molecule has 12 heteroatoms. The van der Waals surface area contributed by atoms with Crippen LogP contribution in [0.15, 0.2) is 65.7 Å². The van der Waals surface area contributed by atoms with Gasteiger partial charge in [0.15, 0.2) is 0 Å². The van der Waals surface area contributed by atoms with Crippen LogP contribution in [0.2, 0.25) is 10.0 Å². The highest BCUT2D eigenvalue weighted by Crippen LogP contribution is 2.63. The van der Waals surface area contributed by atoms with Gasteiger partial charge in [-0.1, -0.05) is 53.5 Å². The molecule has 0 atom stereocenters. The highest BCUT2D eigenvalue weighted by molar-refractivity contribution is 6.39. The van der Waals surface area contributed by atoms with E-state index in [1.54, 1.807) is 32.6 Å². The molecule has 2 fully saturated rings. The lowest BCUT2D eigenvalue weighted by Gasteiger charge is -2.33. The second-order valence-corrected chi connectivity index (χ2v) is 15.2. The van der Waals surface area contributed by atoms with Crippen molar-refractivity contribution >= 4 is 51.4 Å². The zero-order chi connectivity index (χ0) is 35.5. The second kappa shape index (κ2) is 12.9. The normalized spacial score (nSPS) is 21.2. The van der Waals surface area contributed by atoms with E-state index in [2.05, 4.69) is 26.4 Å². The number of hydrogen-bond donors (Lipinski definition) is 2. The molecule has 2 aromatic carbocycles. The number of primary amides is 1. The summed E-state index contributed by atoms with van der Waals surface area (Å²) in [6, 6.07) is 15.4. The number of aromatic nitrogens is 4. The van der Waals surface area contributed by atoms with Crippen molar-refractivity contribution in [1.29, 1.82) is 0 Å². The number of amides is 1. The Morgan fingerprint density at radius 1 is 1.04 bits per heavy atom. The highest BCUT2D eigenvalue weighted by Gasteiger charge is 2.56. The number of ether oxygens (including phenoxy) is 1. The lowest BCUT2D eigenvalue weighted by molar-refractivity contribution is -0.127. The Morgan fingerprint density at radius 2 is 1.78 bits per heavy atom. The molecule has 1 aliphatic heterocycles. The number of anilines is 2. The summed E-state index contributed by atoms with van der Waals surface area (Å²) in [7, 11) is 3.27. The Kier molecular flexibility index (Phi) is 8.52. The van der Waals surface area contributed by atoms with Crippen LogP contribution in [-0.2, 0) is 24.8 Å². The van der Waals surface area contributed by atoms with E-state index in [1.807, 2.05) is 36.4 Å². The highest BCUT2D eigenvalue weighted by atomic mass is 35.5. The van der Waals surface area contributed by atoms with E-state index in [0.29, 0.717) is 38.2 Å². The monoisotopic (exact) mass is 723 g/mol. The van der Waals surface area contributed by atoms with Crippen molar-refractivity contribution in [3.05, 3.63) is 92.5 Å². The molecule has 2 saturated carbocycles. The van der Waals surface area contributed by atoms with Gasteiger partial charge < -0.3 is 15.8 Å². The van der Waals surface area contributed by atoms with Crippen LogP contribution in [0.25, 0.3) is 33.2 Å². The van der Waals surface area contributed by atoms with Gasteiger partial charge in [0.1, 0.15) is 5.82 Å². The molecule has 2 bridgehead atoms. The Balaban J connectivity index is 1.07.